The Morgan fingerprint density at radius 1 is 1.44 bits per heavy atom. The van der Waals surface area contributed by atoms with Gasteiger partial charge in [-0.05, 0) is 13.8 Å². The monoisotopic (exact) mass is 223 g/mol. The Labute approximate surface area is 92.6 Å². The van der Waals surface area contributed by atoms with Crippen LogP contribution in [0.4, 0.5) is 0 Å². The van der Waals surface area contributed by atoms with Crippen LogP contribution in [-0.4, -0.2) is 35.0 Å². The molecule has 1 aliphatic rings. The molecular formula is C10H13N3O3. The number of aryl methyl sites for hydroxylation is 2. The average Bonchev–Trinajstić information content (AvgIpc) is 2.55. The molecular weight excluding hydrogens is 210 g/mol. The van der Waals surface area contributed by atoms with E-state index in [1.807, 2.05) is 6.92 Å². The van der Waals surface area contributed by atoms with E-state index in [4.69, 9.17) is 4.52 Å². The molecule has 2 rings (SSSR count). The van der Waals surface area contributed by atoms with Crippen molar-refractivity contribution in [3.63, 3.8) is 0 Å². The highest BCUT2D eigenvalue weighted by molar-refractivity contribution is 5.92. The molecule has 1 aromatic rings. The second-order valence-corrected chi connectivity index (χ2v) is 3.83. The normalized spacial score (nSPS) is 16.5. The SMILES string of the molecule is Cc1noc(C)c1CN1CC(=O)NCC1=O. The first-order valence-corrected chi connectivity index (χ1v) is 5.04. The molecule has 0 aliphatic carbocycles. The Bertz CT molecular complexity index is 419. The fourth-order valence-electron chi connectivity index (χ4n) is 1.67. The quantitative estimate of drug-likeness (QED) is 0.750. The second-order valence-electron chi connectivity index (χ2n) is 3.83. The number of nitrogens with zero attached hydrogens (tertiary/aromatic N) is 2. The third-order valence-corrected chi connectivity index (χ3v) is 2.65. The summed E-state index contributed by atoms with van der Waals surface area (Å²) in [6.45, 7) is 4.17. The molecule has 0 saturated carbocycles. The van der Waals surface area contributed by atoms with E-state index < -0.39 is 0 Å². The smallest absolute Gasteiger partial charge is 0.242 e. The number of aromatic nitrogens is 1. The number of carbonyl (C=O) groups excluding carboxylic acids is 2. The van der Waals surface area contributed by atoms with Crippen molar-refractivity contribution in [2.45, 2.75) is 20.4 Å². The molecule has 1 N–H and O–H groups in total. The minimum Gasteiger partial charge on any atom is -0.361 e. The number of hydrogen-bond donors (Lipinski definition) is 1. The first kappa shape index (κ1) is 10.7. The van der Waals surface area contributed by atoms with E-state index in [1.165, 1.54) is 4.90 Å². The lowest BCUT2D eigenvalue weighted by Crippen LogP contribution is -2.51. The minimum absolute atomic E-state index is 0.0716. The predicted octanol–water partition coefficient (Wildman–Crippen LogP) is -0.250. The van der Waals surface area contributed by atoms with Gasteiger partial charge in [0.15, 0.2) is 0 Å². The molecule has 16 heavy (non-hydrogen) atoms. The Morgan fingerprint density at radius 2 is 2.19 bits per heavy atom. The van der Waals surface area contributed by atoms with Crippen LogP contribution >= 0.6 is 0 Å². The van der Waals surface area contributed by atoms with Crippen molar-refractivity contribution in [3.8, 4) is 0 Å². The van der Waals surface area contributed by atoms with Crippen molar-refractivity contribution < 1.29 is 14.1 Å². The van der Waals surface area contributed by atoms with Crippen LogP contribution in [0.5, 0.6) is 0 Å². The maximum Gasteiger partial charge on any atom is 0.242 e. The van der Waals surface area contributed by atoms with Crippen LogP contribution in [-0.2, 0) is 16.1 Å². The standard InChI is InChI=1S/C10H13N3O3/c1-6-8(7(2)16-12-6)4-13-5-9(14)11-3-10(13)15/h3-5H2,1-2H3,(H,11,14). The van der Waals surface area contributed by atoms with Gasteiger partial charge in [0, 0.05) is 5.56 Å². The van der Waals surface area contributed by atoms with E-state index in [0.29, 0.717) is 12.3 Å². The van der Waals surface area contributed by atoms with Gasteiger partial charge in [-0.2, -0.15) is 0 Å². The summed E-state index contributed by atoms with van der Waals surface area (Å²) < 4.78 is 5.01. The summed E-state index contributed by atoms with van der Waals surface area (Å²) in [7, 11) is 0. The number of carbonyl (C=O) groups is 2. The van der Waals surface area contributed by atoms with E-state index in [0.717, 1.165) is 11.3 Å². The molecule has 0 atom stereocenters. The van der Waals surface area contributed by atoms with Gasteiger partial charge in [-0.1, -0.05) is 5.16 Å². The molecule has 0 aromatic carbocycles. The van der Waals surface area contributed by atoms with Gasteiger partial charge >= 0.3 is 0 Å². The molecule has 0 unspecified atom stereocenters. The summed E-state index contributed by atoms with van der Waals surface area (Å²) in [5, 5.41) is 6.31. The number of nitrogens with one attached hydrogen (secondary N) is 1. The van der Waals surface area contributed by atoms with Crippen LogP contribution in [0.25, 0.3) is 0 Å². The summed E-state index contributed by atoms with van der Waals surface area (Å²) in [5.74, 6) is 0.474. The zero-order chi connectivity index (χ0) is 11.7. The zero-order valence-corrected chi connectivity index (χ0v) is 9.24. The Balaban J connectivity index is 2.14. The molecule has 86 valence electrons. The van der Waals surface area contributed by atoms with Gasteiger partial charge < -0.3 is 14.7 Å². The van der Waals surface area contributed by atoms with Gasteiger partial charge in [0.2, 0.25) is 11.8 Å². The van der Waals surface area contributed by atoms with Crippen molar-refractivity contribution >= 4 is 11.8 Å². The van der Waals surface area contributed by atoms with Crippen molar-refractivity contribution in [2.75, 3.05) is 13.1 Å². The summed E-state index contributed by atoms with van der Waals surface area (Å²) in [5.41, 5.74) is 1.64. The first-order valence-electron chi connectivity index (χ1n) is 5.04. The minimum atomic E-state index is -0.133. The van der Waals surface area contributed by atoms with Crippen molar-refractivity contribution in [1.29, 1.82) is 0 Å². The number of amides is 2. The molecule has 1 fully saturated rings. The summed E-state index contributed by atoms with van der Waals surface area (Å²) in [4.78, 5) is 24.2. The fourth-order valence-corrected chi connectivity index (χ4v) is 1.67. The van der Waals surface area contributed by atoms with Gasteiger partial charge in [-0.3, -0.25) is 9.59 Å². The molecule has 1 aromatic heterocycles. The summed E-state index contributed by atoms with van der Waals surface area (Å²) in [6.07, 6.45) is 0. The molecule has 2 heterocycles. The molecule has 1 saturated heterocycles. The van der Waals surface area contributed by atoms with Gasteiger partial charge in [-0.15, -0.1) is 0 Å². The van der Waals surface area contributed by atoms with Crippen LogP contribution in [0, 0.1) is 13.8 Å². The maximum atomic E-state index is 11.5. The highest BCUT2D eigenvalue weighted by Gasteiger charge is 2.24. The summed E-state index contributed by atoms with van der Waals surface area (Å²) in [6, 6.07) is 0. The zero-order valence-electron chi connectivity index (χ0n) is 9.24. The Hall–Kier alpha value is -1.85. The van der Waals surface area contributed by atoms with Crippen molar-refractivity contribution in [3.05, 3.63) is 17.0 Å². The lowest BCUT2D eigenvalue weighted by atomic mass is 10.2. The summed E-state index contributed by atoms with van der Waals surface area (Å²) >= 11 is 0. The van der Waals surface area contributed by atoms with Crippen molar-refractivity contribution in [1.82, 2.24) is 15.4 Å². The highest BCUT2D eigenvalue weighted by atomic mass is 16.5. The van der Waals surface area contributed by atoms with E-state index in [9.17, 15) is 9.59 Å². The number of hydrogen-bond acceptors (Lipinski definition) is 4. The first-order chi connectivity index (χ1) is 7.58. The lowest BCUT2D eigenvalue weighted by molar-refractivity contribution is -0.141. The van der Waals surface area contributed by atoms with Gasteiger partial charge in [0.1, 0.15) is 5.76 Å². The van der Waals surface area contributed by atoms with E-state index in [1.54, 1.807) is 6.92 Å². The maximum absolute atomic E-state index is 11.5. The van der Waals surface area contributed by atoms with Crippen LogP contribution in [0.15, 0.2) is 4.52 Å². The third kappa shape index (κ3) is 1.91. The fraction of sp³-hybridized carbons (Fsp3) is 0.500. The highest BCUT2D eigenvalue weighted by Crippen LogP contribution is 2.15. The van der Waals surface area contributed by atoms with E-state index >= 15 is 0 Å². The Morgan fingerprint density at radius 3 is 2.81 bits per heavy atom. The molecule has 2 amide bonds. The largest absolute Gasteiger partial charge is 0.361 e. The predicted molar refractivity (Wildman–Crippen MR) is 54.4 cm³/mol. The van der Waals surface area contributed by atoms with Crippen LogP contribution < -0.4 is 5.32 Å². The van der Waals surface area contributed by atoms with Crippen LogP contribution in [0.1, 0.15) is 17.0 Å². The van der Waals surface area contributed by atoms with Crippen LogP contribution in [0.2, 0.25) is 0 Å². The van der Waals surface area contributed by atoms with Gasteiger partial charge in [0.25, 0.3) is 0 Å². The number of piperazine rings is 1. The van der Waals surface area contributed by atoms with E-state index in [2.05, 4.69) is 10.5 Å². The topological polar surface area (TPSA) is 75.4 Å². The second kappa shape index (κ2) is 3.96. The Kier molecular flexibility index (Phi) is 2.64. The molecule has 0 spiro atoms. The molecule has 6 nitrogen and oxygen atoms in total. The van der Waals surface area contributed by atoms with Crippen LogP contribution in [0.3, 0.4) is 0 Å². The molecule has 1 aliphatic heterocycles. The van der Waals surface area contributed by atoms with Gasteiger partial charge in [0.05, 0.1) is 25.3 Å². The third-order valence-electron chi connectivity index (χ3n) is 2.65. The van der Waals surface area contributed by atoms with E-state index in [-0.39, 0.29) is 24.9 Å². The molecule has 0 radical (unpaired) electrons. The van der Waals surface area contributed by atoms with Crippen molar-refractivity contribution in [2.24, 2.45) is 0 Å². The molecule has 6 heteroatoms. The molecule has 0 bridgehead atoms. The average molecular weight is 223 g/mol. The number of rotatable bonds is 2. The lowest BCUT2D eigenvalue weighted by Gasteiger charge is -2.26. The van der Waals surface area contributed by atoms with Gasteiger partial charge in [-0.25, -0.2) is 0 Å².